The number of imidazole rings is 1. The second-order valence-corrected chi connectivity index (χ2v) is 14.1. The summed E-state index contributed by atoms with van der Waals surface area (Å²) in [6.07, 6.45) is 10.9. The van der Waals surface area contributed by atoms with Crippen molar-refractivity contribution in [2.45, 2.75) is 91.2 Å². The molecule has 0 radical (unpaired) electrons. The summed E-state index contributed by atoms with van der Waals surface area (Å²) in [5, 5.41) is 1.79. The molecule has 2 atom stereocenters. The molecule has 1 aromatic heterocycles. The molecule has 6 rings (SSSR count). The van der Waals surface area contributed by atoms with E-state index in [1.807, 2.05) is 69.3 Å². The largest absolute Gasteiger partial charge is 0.514 e. The second kappa shape index (κ2) is 14.7. The van der Waals surface area contributed by atoms with Crippen LogP contribution in [0.15, 0.2) is 71.7 Å². The Morgan fingerprint density at radius 1 is 1.00 bits per heavy atom. The third-order valence-electron chi connectivity index (χ3n) is 9.34. The normalized spacial score (nSPS) is 18.3. The van der Waals surface area contributed by atoms with E-state index in [0.29, 0.717) is 24.4 Å². The summed E-state index contributed by atoms with van der Waals surface area (Å²) in [5.41, 5.74) is 4.79. The highest BCUT2D eigenvalue weighted by molar-refractivity contribution is 6.07. The number of benzene rings is 3. The molecule has 0 unspecified atom stereocenters. The monoisotopic (exact) mass is 659 g/mol. The molecule has 0 bridgehead atoms. The number of aliphatic imine (C=N–C) groups is 1. The molecule has 49 heavy (non-hydrogen) atoms. The summed E-state index contributed by atoms with van der Waals surface area (Å²) in [6.45, 7) is 8.23. The van der Waals surface area contributed by atoms with Crippen molar-refractivity contribution in [1.29, 1.82) is 0 Å². The van der Waals surface area contributed by atoms with Gasteiger partial charge in [0.1, 0.15) is 23.5 Å². The Morgan fingerprint density at radius 3 is 2.53 bits per heavy atom. The maximum atomic E-state index is 13.2. The molecule has 0 aliphatic heterocycles. The van der Waals surface area contributed by atoms with Gasteiger partial charge in [-0.15, -0.1) is 0 Å². The standard InChI is InChI=1S/C41H45N3O5/c1-5-6-15-37-43-35-23-21-31(42-39(46)34-14-10-8-12-30(34)26-45)24-36(35)44(37)25-27-16-18-29(19-17-27)33-22-20-28-11-7-9-13-32(28)38(33)48-40(47)49-41(2,3)4/h7,9,11,13,16-23,26,30,34H,5-6,8,10,12,14-15,24-25H2,1-4H3/t30-,34-/m1/s1. The molecule has 2 aliphatic carbocycles. The van der Waals surface area contributed by atoms with Crippen molar-refractivity contribution in [1.82, 2.24) is 9.55 Å². The zero-order chi connectivity index (χ0) is 34.5. The number of amides is 1. The maximum Gasteiger partial charge on any atom is 0.514 e. The lowest BCUT2D eigenvalue weighted by Gasteiger charge is -2.25. The van der Waals surface area contributed by atoms with E-state index in [1.54, 1.807) is 0 Å². The second-order valence-electron chi connectivity index (χ2n) is 14.1. The van der Waals surface area contributed by atoms with Gasteiger partial charge in [-0.3, -0.25) is 4.79 Å². The van der Waals surface area contributed by atoms with Gasteiger partial charge in [0, 0.05) is 42.2 Å². The van der Waals surface area contributed by atoms with Crippen LogP contribution in [0.4, 0.5) is 4.79 Å². The summed E-state index contributed by atoms with van der Waals surface area (Å²) < 4.78 is 13.6. The molecule has 8 heteroatoms. The third-order valence-corrected chi connectivity index (χ3v) is 9.34. The maximum absolute atomic E-state index is 13.2. The first-order valence-electron chi connectivity index (χ1n) is 17.5. The molecule has 254 valence electrons. The van der Waals surface area contributed by atoms with Crippen LogP contribution in [0.5, 0.6) is 5.75 Å². The fourth-order valence-corrected chi connectivity index (χ4v) is 6.83. The molecule has 4 aromatic rings. The van der Waals surface area contributed by atoms with Gasteiger partial charge in [0.05, 0.1) is 17.1 Å². The fraction of sp³-hybridized carbons (Fsp3) is 0.390. The van der Waals surface area contributed by atoms with E-state index in [0.717, 1.165) is 95.9 Å². The van der Waals surface area contributed by atoms with Crippen LogP contribution < -0.4 is 4.74 Å². The van der Waals surface area contributed by atoms with Gasteiger partial charge in [-0.25, -0.2) is 14.8 Å². The summed E-state index contributed by atoms with van der Waals surface area (Å²) in [6, 6.07) is 20.1. The number of hydrogen-bond donors (Lipinski definition) is 0. The van der Waals surface area contributed by atoms with E-state index in [-0.39, 0.29) is 17.7 Å². The molecule has 8 nitrogen and oxygen atoms in total. The van der Waals surface area contributed by atoms with E-state index in [1.165, 1.54) is 0 Å². The van der Waals surface area contributed by atoms with Crippen LogP contribution in [0.25, 0.3) is 28.0 Å². The number of aryl methyl sites for hydroxylation is 1. The van der Waals surface area contributed by atoms with Crippen LogP contribution in [0.1, 0.15) is 89.0 Å². The Hall–Kier alpha value is -4.85. The van der Waals surface area contributed by atoms with E-state index in [2.05, 4.69) is 40.7 Å². The molecular formula is C41H45N3O5. The summed E-state index contributed by atoms with van der Waals surface area (Å²) in [5.74, 6) is 0.735. The summed E-state index contributed by atoms with van der Waals surface area (Å²) >= 11 is 0. The average Bonchev–Trinajstić information content (AvgIpc) is 3.43. The number of rotatable bonds is 9. The predicted molar refractivity (Wildman–Crippen MR) is 193 cm³/mol. The van der Waals surface area contributed by atoms with Gasteiger partial charge in [-0.1, -0.05) is 80.8 Å². The zero-order valence-corrected chi connectivity index (χ0v) is 28.9. The molecule has 1 fully saturated rings. The van der Waals surface area contributed by atoms with Crippen LogP contribution in [0.3, 0.4) is 0 Å². The van der Waals surface area contributed by atoms with E-state index in [4.69, 9.17) is 14.5 Å². The van der Waals surface area contributed by atoms with E-state index in [9.17, 15) is 14.4 Å². The van der Waals surface area contributed by atoms with Gasteiger partial charge in [-0.2, -0.15) is 0 Å². The Bertz CT molecular complexity index is 1910. The number of aromatic nitrogens is 2. The SMILES string of the molecule is CCCCc1nc2c(n1Cc1ccc(-c3ccc4ccccc4c3OC(=O)OC(C)(C)C)cc1)CC(=NC(=O)[C@@H]1CCCC[C@@H]1C=O)C=C2. The van der Waals surface area contributed by atoms with E-state index >= 15 is 0 Å². The number of carbonyl (C=O) groups is 3. The van der Waals surface area contributed by atoms with E-state index < -0.39 is 11.8 Å². The van der Waals surface area contributed by atoms with Gasteiger partial charge >= 0.3 is 6.16 Å². The van der Waals surface area contributed by atoms with Gasteiger partial charge in [0.15, 0.2) is 0 Å². The fourth-order valence-electron chi connectivity index (χ4n) is 6.83. The predicted octanol–water partition coefficient (Wildman–Crippen LogP) is 8.95. The lowest BCUT2D eigenvalue weighted by molar-refractivity contribution is -0.128. The first-order chi connectivity index (χ1) is 23.6. The van der Waals surface area contributed by atoms with Crippen LogP contribution in [-0.4, -0.2) is 39.2 Å². The molecule has 1 heterocycles. The topological polar surface area (TPSA) is 99.8 Å². The van der Waals surface area contributed by atoms with Crippen LogP contribution in [0, 0.1) is 11.8 Å². The minimum Gasteiger partial charge on any atom is -0.428 e. The number of ether oxygens (including phenoxy) is 2. The lowest BCUT2D eigenvalue weighted by atomic mass is 9.79. The number of unbranched alkanes of at least 4 members (excludes halogenated alkanes) is 1. The molecule has 0 saturated heterocycles. The van der Waals surface area contributed by atoms with Crippen LogP contribution in [-0.2, 0) is 33.7 Å². The van der Waals surface area contributed by atoms with Crippen LogP contribution in [0.2, 0.25) is 0 Å². The first kappa shape index (κ1) is 34.0. The van der Waals surface area contributed by atoms with Gasteiger partial charge in [0.25, 0.3) is 0 Å². The molecule has 3 aromatic carbocycles. The van der Waals surface area contributed by atoms with Crippen LogP contribution >= 0.6 is 0 Å². The molecule has 0 spiro atoms. The molecule has 2 aliphatic rings. The highest BCUT2D eigenvalue weighted by atomic mass is 16.7. The molecule has 1 saturated carbocycles. The van der Waals surface area contributed by atoms with Crippen molar-refractivity contribution in [2.24, 2.45) is 16.8 Å². The quantitative estimate of drug-likeness (QED) is 0.101. The highest BCUT2D eigenvalue weighted by Crippen LogP contribution is 2.38. The van der Waals surface area contributed by atoms with Crippen molar-refractivity contribution < 1.29 is 23.9 Å². The molecular weight excluding hydrogens is 614 g/mol. The van der Waals surface area contributed by atoms with Crippen molar-refractivity contribution in [3.63, 3.8) is 0 Å². The number of carbonyl (C=O) groups excluding carboxylic acids is 3. The Morgan fingerprint density at radius 2 is 1.78 bits per heavy atom. The van der Waals surface area contributed by atoms with Gasteiger partial charge < -0.3 is 18.8 Å². The third kappa shape index (κ3) is 7.90. The Labute approximate surface area is 288 Å². The molecule has 0 N–H and O–H groups in total. The number of hydrogen-bond acceptors (Lipinski definition) is 6. The molecule has 1 amide bonds. The number of nitrogens with zero attached hydrogens (tertiary/aromatic N) is 3. The smallest absolute Gasteiger partial charge is 0.428 e. The number of fused-ring (bicyclic) bond motifs is 2. The highest BCUT2D eigenvalue weighted by Gasteiger charge is 2.31. The van der Waals surface area contributed by atoms with Crippen molar-refractivity contribution in [2.75, 3.05) is 0 Å². The number of aldehydes is 1. The summed E-state index contributed by atoms with van der Waals surface area (Å²) in [4.78, 5) is 47.2. The minimum atomic E-state index is -0.743. The van der Waals surface area contributed by atoms with Gasteiger partial charge in [0.2, 0.25) is 5.91 Å². The number of allylic oxidation sites excluding steroid dienone is 1. The minimum absolute atomic E-state index is 0.184. The van der Waals surface area contributed by atoms with Crippen molar-refractivity contribution in [3.05, 3.63) is 89.5 Å². The zero-order valence-electron chi connectivity index (χ0n) is 28.9. The summed E-state index contributed by atoms with van der Waals surface area (Å²) in [7, 11) is 0. The Kier molecular flexibility index (Phi) is 10.2. The first-order valence-corrected chi connectivity index (χ1v) is 17.5. The lowest BCUT2D eigenvalue weighted by Crippen LogP contribution is -2.28. The van der Waals surface area contributed by atoms with Crippen molar-refractivity contribution >= 4 is 40.9 Å². The average molecular weight is 660 g/mol. The van der Waals surface area contributed by atoms with Gasteiger partial charge in [-0.05, 0) is 74.8 Å². The Balaban J connectivity index is 1.28. The van der Waals surface area contributed by atoms with Crippen molar-refractivity contribution in [3.8, 4) is 16.9 Å².